The maximum absolute atomic E-state index is 13.0. The second-order valence-electron chi connectivity index (χ2n) is 6.83. The zero-order chi connectivity index (χ0) is 16.9. The Bertz CT molecular complexity index is 711. The zero-order valence-corrected chi connectivity index (χ0v) is 13.9. The Kier molecular flexibility index (Phi) is 3.49. The quantitative estimate of drug-likeness (QED) is 0.625. The molecule has 0 radical (unpaired) electrons. The first kappa shape index (κ1) is 15.4. The van der Waals surface area contributed by atoms with Gasteiger partial charge < -0.3 is 14.4 Å². The number of fused-ring (bicyclic) bond motifs is 1. The summed E-state index contributed by atoms with van der Waals surface area (Å²) in [5, 5.41) is 0. The van der Waals surface area contributed by atoms with E-state index in [9.17, 15) is 9.59 Å². The van der Waals surface area contributed by atoms with Crippen molar-refractivity contribution in [3.63, 3.8) is 0 Å². The lowest BCUT2D eigenvalue weighted by molar-refractivity contribution is -0.153. The molecule has 4 atom stereocenters. The molecular weight excluding hydrogens is 306 g/mol. The van der Waals surface area contributed by atoms with Crippen molar-refractivity contribution >= 4 is 11.9 Å². The van der Waals surface area contributed by atoms with Crippen LogP contribution in [0, 0.1) is 18.8 Å². The predicted molar refractivity (Wildman–Crippen MR) is 87.0 cm³/mol. The topological polar surface area (TPSA) is 55.8 Å². The number of ether oxygens (including phenoxy) is 2. The lowest BCUT2D eigenvalue weighted by Crippen LogP contribution is -2.40. The van der Waals surface area contributed by atoms with Crippen molar-refractivity contribution in [1.82, 2.24) is 4.90 Å². The molecule has 4 rings (SSSR count). The molecule has 2 bridgehead atoms. The normalized spacial score (nSPS) is 33.2. The third kappa shape index (κ3) is 2.18. The fourth-order valence-electron chi connectivity index (χ4n) is 4.13. The molecule has 5 heteroatoms. The summed E-state index contributed by atoms with van der Waals surface area (Å²) < 4.78 is 11.2. The van der Waals surface area contributed by atoms with Crippen LogP contribution < -0.4 is 0 Å². The minimum absolute atomic E-state index is 0.0134. The molecule has 1 spiro atoms. The van der Waals surface area contributed by atoms with Crippen LogP contribution in [0.15, 0.2) is 36.4 Å². The minimum atomic E-state index is -0.663. The Morgan fingerprint density at radius 2 is 2.12 bits per heavy atom. The summed E-state index contributed by atoms with van der Waals surface area (Å²) in [7, 11) is 0. The summed E-state index contributed by atoms with van der Waals surface area (Å²) in [4.78, 5) is 27.1. The van der Waals surface area contributed by atoms with E-state index in [-0.39, 0.29) is 18.0 Å². The van der Waals surface area contributed by atoms with E-state index in [1.54, 1.807) is 11.8 Å². The number of carbonyl (C=O) groups excluding carboxylic acids is 2. The second kappa shape index (κ2) is 5.45. The Morgan fingerprint density at radius 3 is 2.83 bits per heavy atom. The van der Waals surface area contributed by atoms with Gasteiger partial charge in [-0.1, -0.05) is 42.0 Å². The van der Waals surface area contributed by atoms with Crippen LogP contribution in [-0.2, 0) is 25.6 Å². The van der Waals surface area contributed by atoms with Gasteiger partial charge in [0.25, 0.3) is 0 Å². The highest BCUT2D eigenvalue weighted by atomic mass is 16.6. The average Bonchev–Trinajstić information content (AvgIpc) is 3.19. The van der Waals surface area contributed by atoms with Gasteiger partial charge in [-0.2, -0.15) is 0 Å². The standard InChI is InChI=1S/C19H21NO4/c1-3-23-18(22)15-14-8-9-19(24-14)11-20(17(21)16(15)19)10-13-6-4-12(2)5-7-13/h4-9,14-16H,3,10-11H2,1-2H3/t14-,15?,16+,19-/m1/s1. The lowest BCUT2D eigenvalue weighted by atomic mass is 9.77. The highest BCUT2D eigenvalue weighted by Gasteiger charge is 2.67. The van der Waals surface area contributed by atoms with E-state index in [2.05, 4.69) is 0 Å². The van der Waals surface area contributed by atoms with Crippen molar-refractivity contribution in [3.8, 4) is 0 Å². The minimum Gasteiger partial charge on any atom is -0.466 e. The molecule has 2 saturated heterocycles. The van der Waals surface area contributed by atoms with Crippen LogP contribution in [0.5, 0.6) is 0 Å². The van der Waals surface area contributed by atoms with Gasteiger partial charge in [-0.3, -0.25) is 9.59 Å². The summed E-state index contributed by atoms with van der Waals surface area (Å²) in [5.41, 5.74) is 1.61. The summed E-state index contributed by atoms with van der Waals surface area (Å²) in [6, 6.07) is 8.15. The molecule has 3 aliphatic rings. The van der Waals surface area contributed by atoms with Crippen LogP contribution in [0.3, 0.4) is 0 Å². The van der Waals surface area contributed by atoms with Gasteiger partial charge in [-0.05, 0) is 19.4 Å². The van der Waals surface area contributed by atoms with Gasteiger partial charge in [0.15, 0.2) is 0 Å². The first-order chi connectivity index (χ1) is 11.5. The number of likely N-dealkylation sites (tertiary alicyclic amines) is 1. The van der Waals surface area contributed by atoms with Crippen molar-refractivity contribution in [2.75, 3.05) is 13.2 Å². The molecule has 0 saturated carbocycles. The largest absolute Gasteiger partial charge is 0.466 e. The molecule has 5 nitrogen and oxygen atoms in total. The van der Waals surface area contributed by atoms with Gasteiger partial charge in [0, 0.05) is 6.54 Å². The Morgan fingerprint density at radius 1 is 1.38 bits per heavy atom. The first-order valence-electron chi connectivity index (χ1n) is 8.42. The third-order valence-corrected chi connectivity index (χ3v) is 5.23. The maximum atomic E-state index is 13.0. The van der Waals surface area contributed by atoms with E-state index in [4.69, 9.17) is 9.47 Å². The van der Waals surface area contributed by atoms with Crippen molar-refractivity contribution in [3.05, 3.63) is 47.5 Å². The molecule has 24 heavy (non-hydrogen) atoms. The molecule has 0 N–H and O–H groups in total. The van der Waals surface area contributed by atoms with E-state index in [1.807, 2.05) is 43.3 Å². The van der Waals surface area contributed by atoms with Crippen LogP contribution in [0.2, 0.25) is 0 Å². The number of nitrogens with zero attached hydrogens (tertiary/aromatic N) is 1. The third-order valence-electron chi connectivity index (χ3n) is 5.23. The number of rotatable bonds is 4. The van der Waals surface area contributed by atoms with Crippen LogP contribution in [0.25, 0.3) is 0 Å². The van der Waals surface area contributed by atoms with Crippen molar-refractivity contribution in [2.24, 2.45) is 11.8 Å². The SMILES string of the molecule is CCOC(=O)C1[C@H]2C(=O)N(Cc3ccc(C)cc3)C[C@]23C=C[C@H]1O3. The summed E-state index contributed by atoms with van der Waals surface area (Å²) in [6.07, 6.45) is 3.53. The van der Waals surface area contributed by atoms with E-state index in [0.717, 1.165) is 5.56 Å². The summed E-state index contributed by atoms with van der Waals surface area (Å²) in [5.74, 6) is -1.33. The molecule has 1 aromatic rings. The predicted octanol–water partition coefficient (Wildman–Crippen LogP) is 1.84. The molecule has 2 fully saturated rings. The number of aryl methyl sites for hydroxylation is 1. The van der Waals surface area contributed by atoms with E-state index >= 15 is 0 Å². The van der Waals surface area contributed by atoms with E-state index in [0.29, 0.717) is 19.7 Å². The van der Waals surface area contributed by atoms with Crippen molar-refractivity contribution in [1.29, 1.82) is 0 Å². The monoisotopic (exact) mass is 327 g/mol. The van der Waals surface area contributed by atoms with Gasteiger partial charge in [0.1, 0.15) is 11.5 Å². The molecule has 126 valence electrons. The molecule has 1 unspecified atom stereocenters. The highest BCUT2D eigenvalue weighted by Crippen LogP contribution is 2.52. The number of hydrogen-bond acceptors (Lipinski definition) is 4. The van der Waals surface area contributed by atoms with Crippen molar-refractivity contribution in [2.45, 2.75) is 32.1 Å². The first-order valence-corrected chi connectivity index (χ1v) is 8.42. The van der Waals surface area contributed by atoms with Crippen LogP contribution in [-0.4, -0.2) is 41.6 Å². The summed E-state index contributed by atoms with van der Waals surface area (Å²) >= 11 is 0. The van der Waals surface area contributed by atoms with Crippen molar-refractivity contribution < 1.29 is 19.1 Å². The van der Waals surface area contributed by atoms with Gasteiger partial charge in [-0.15, -0.1) is 0 Å². The Labute approximate surface area is 141 Å². The van der Waals surface area contributed by atoms with E-state index < -0.39 is 17.4 Å². The van der Waals surface area contributed by atoms with Crippen LogP contribution >= 0.6 is 0 Å². The van der Waals surface area contributed by atoms with Crippen LogP contribution in [0.1, 0.15) is 18.1 Å². The highest BCUT2D eigenvalue weighted by molar-refractivity contribution is 5.91. The molecule has 1 aromatic carbocycles. The fourth-order valence-corrected chi connectivity index (χ4v) is 4.13. The maximum Gasteiger partial charge on any atom is 0.312 e. The Balaban J connectivity index is 1.58. The molecule has 3 aliphatic heterocycles. The van der Waals surface area contributed by atoms with Gasteiger partial charge in [-0.25, -0.2) is 0 Å². The smallest absolute Gasteiger partial charge is 0.312 e. The summed E-state index contributed by atoms with van der Waals surface area (Å²) in [6.45, 7) is 5.15. The molecule has 1 amide bonds. The number of hydrogen-bond donors (Lipinski definition) is 0. The zero-order valence-electron chi connectivity index (χ0n) is 13.9. The number of benzene rings is 1. The molecular formula is C19H21NO4. The molecule has 0 aliphatic carbocycles. The average molecular weight is 327 g/mol. The lowest BCUT2D eigenvalue weighted by Gasteiger charge is -2.22. The van der Waals surface area contributed by atoms with Gasteiger partial charge in [0.2, 0.25) is 5.91 Å². The second-order valence-corrected chi connectivity index (χ2v) is 6.83. The number of esters is 1. The van der Waals surface area contributed by atoms with Gasteiger partial charge >= 0.3 is 5.97 Å². The molecule has 0 aromatic heterocycles. The van der Waals surface area contributed by atoms with Crippen LogP contribution in [0.4, 0.5) is 0 Å². The fraction of sp³-hybridized carbons (Fsp3) is 0.474. The Hall–Kier alpha value is -2.14. The number of amides is 1. The van der Waals surface area contributed by atoms with Gasteiger partial charge in [0.05, 0.1) is 25.2 Å². The number of carbonyl (C=O) groups is 2. The van der Waals surface area contributed by atoms with E-state index in [1.165, 1.54) is 5.56 Å². The molecule has 3 heterocycles.